The summed E-state index contributed by atoms with van der Waals surface area (Å²) < 4.78 is 63.3. The number of aromatic nitrogens is 8. The Morgan fingerprint density at radius 2 is 0.543 bits per heavy atom. The first-order chi connectivity index (χ1) is 60.9. The molecule has 12 heterocycles. The molecule has 20 aromatic rings. The molecule has 127 heavy (non-hydrogen) atoms. The predicted octanol–water partition coefficient (Wildman–Crippen LogP) is 28.1. The fourth-order valence-electron chi connectivity index (χ4n) is 17.7. The largest absolute Gasteiger partial charge is 0.437 e. The van der Waals surface area contributed by atoms with Gasteiger partial charge in [-0.2, -0.15) is 0 Å². The molecule has 20 rings (SSSR count). The van der Waals surface area contributed by atoms with E-state index in [4.69, 9.17) is 17.7 Å². The lowest BCUT2D eigenvalue weighted by Crippen LogP contribution is -2.30. The average molecular weight is 1680 g/mol. The van der Waals surface area contributed by atoms with Crippen LogP contribution >= 0.6 is 0 Å². The third kappa shape index (κ3) is 16.5. The summed E-state index contributed by atoms with van der Waals surface area (Å²) in [5.74, 6) is 0.601. The van der Waals surface area contributed by atoms with Gasteiger partial charge in [0.05, 0.1) is 22.3 Å². The molecule has 0 amide bonds. The predicted molar refractivity (Wildman–Crippen MR) is 513 cm³/mol. The molecule has 12 nitrogen and oxygen atoms in total. The highest BCUT2D eigenvalue weighted by Gasteiger charge is 2.29. The van der Waals surface area contributed by atoms with Gasteiger partial charge < -0.3 is 17.7 Å². The van der Waals surface area contributed by atoms with E-state index < -0.39 is 0 Å². The Balaban J connectivity index is 0.000000119. The second kappa shape index (κ2) is 34.5. The molecule has 0 aliphatic heterocycles. The van der Waals surface area contributed by atoms with Gasteiger partial charge in [0.15, 0.2) is 47.1 Å². The van der Waals surface area contributed by atoms with Gasteiger partial charge in [-0.15, -0.1) is 0 Å². The first-order valence-corrected chi connectivity index (χ1v) is 43.9. The quantitative estimate of drug-likeness (QED) is 0.111. The van der Waals surface area contributed by atoms with Gasteiger partial charge in [-0.1, -0.05) is 164 Å². The average Bonchev–Trinajstić information content (AvgIpc) is 1.63. The van der Waals surface area contributed by atoms with Crippen LogP contribution in [0.3, 0.4) is 0 Å². The van der Waals surface area contributed by atoms with Crippen molar-refractivity contribution in [3.63, 3.8) is 0 Å². The summed E-state index contributed by atoms with van der Waals surface area (Å²) in [6.07, 6.45) is 8.38. The van der Waals surface area contributed by atoms with Gasteiger partial charge in [-0.25, -0.2) is 47.0 Å². The van der Waals surface area contributed by atoms with Crippen LogP contribution in [0, 0.1) is 73.9 Å². The van der Waals surface area contributed by atoms with E-state index in [-0.39, 0.29) is 29.4 Å². The summed E-state index contributed by atoms with van der Waals surface area (Å²) in [5.41, 5.74) is 37.2. The first-order valence-electron chi connectivity index (χ1n) is 43.9. The van der Waals surface area contributed by atoms with Crippen molar-refractivity contribution in [2.75, 3.05) is 0 Å². The van der Waals surface area contributed by atoms with E-state index in [0.29, 0.717) is 28.8 Å². The minimum Gasteiger partial charge on any atom is -0.437 e. The molecule has 0 spiro atoms. The molecule has 0 atom stereocenters. The molecule has 0 fully saturated rings. The van der Waals surface area contributed by atoms with Gasteiger partial charge in [0, 0.05) is 114 Å². The van der Waals surface area contributed by atoms with Crippen molar-refractivity contribution in [2.24, 2.45) is 28.2 Å². The van der Waals surface area contributed by atoms with E-state index in [1.165, 1.54) is 44.5 Å². The molecule has 0 aliphatic rings. The second-order valence-corrected chi connectivity index (χ2v) is 35.6. The maximum absolute atomic E-state index is 15.2. The molecule has 12 aromatic heterocycles. The van der Waals surface area contributed by atoms with E-state index in [0.717, 1.165) is 183 Å². The fraction of sp³-hybridized carbons (Fsp3) is 0.221. The number of pyridine rings is 8. The molecule has 0 aliphatic carbocycles. The van der Waals surface area contributed by atoms with E-state index in [1.54, 1.807) is 6.07 Å². The van der Waals surface area contributed by atoms with Crippen molar-refractivity contribution in [1.82, 2.24) is 19.9 Å². The highest BCUT2D eigenvalue weighted by Crippen LogP contribution is 2.44. The van der Waals surface area contributed by atoms with Crippen LogP contribution in [0.15, 0.2) is 267 Å². The number of aryl methyl sites for hydroxylation is 13. The molecule has 14 heteroatoms. The van der Waals surface area contributed by atoms with Gasteiger partial charge in [0.2, 0.25) is 45.6 Å². The molecule has 8 aromatic carbocycles. The molecular weight excluding hydrogens is 1570 g/mol. The zero-order valence-corrected chi connectivity index (χ0v) is 76.4. The summed E-state index contributed by atoms with van der Waals surface area (Å²) in [4.78, 5) is 18.4. The molecule has 0 bridgehead atoms. The zero-order chi connectivity index (χ0) is 89.4. The van der Waals surface area contributed by atoms with Crippen LogP contribution in [0.4, 0.5) is 8.78 Å². The first kappa shape index (κ1) is 85.2. The topological polar surface area (TPSA) is 120 Å². The van der Waals surface area contributed by atoms with Gasteiger partial charge in [0.1, 0.15) is 39.8 Å². The van der Waals surface area contributed by atoms with Crippen molar-refractivity contribution in [3.05, 3.63) is 334 Å². The highest BCUT2D eigenvalue weighted by molar-refractivity contribution is 6.12. The number of hydrogen-bond acceptors (Lipinski definition) is 8. The summed E-state index contributed by atoms with van der Waals surface area (Å²) in [6, 6.07) is 77.8. The molecule has 0 saturated carbocycles. The molecule has 0 saturated heterocycles. The standard InChI is InChI=1S/C31H32FN2O.C28H26FN2O.C28H27N2O.C26H23N2O/c1-17(2)25-14-22(15-26(18(3)4)29(25)32)21-12-13-34(7)27(16-21)28-19(5)8-10-23-24-11-9-20(6)33-31(24)35-30(23)28;1-16(2)23-14-19(8-11-24(23)29)20-12-13-31(5)25(15-20)26-17(3)6-9-21-22-10-7-18(4)30-28(22)32-27(21)26;1-17(2)20-7-6-8-21(15-20)22-13-14-30(5)25(16-22)26-18(3)9-11-23-24-12-10-19(4)29-28(24)31-27(23)26;1-16-6-5-7-19(14-16)20-12-13-28(4)23(15-20)24-17(2)8-10-21-22-11-9-18(3)27-26(22)29-25(21)24/h8-18H,1-7H3;6-16H,1-5H3;6-17H,1-5H3;5-15H,1-4H3/q4*+1. The summed E-state index contributed by atoms with van der Waals surface area (Å²) in [5, 5.41) is 8.49. The van der Waals surface area contributed by atoms with Crippen LogP contribution in [0.25, 0.3) is 178 Å². The number of fused-ring (bicyclic) bond motifs is 12. The van der Waals surface area contributed by atoms with E-state index in [2.05, 4.69) is 289 Å². The van der Waals surface area contributed by atoms with Crippen molar-refractivity contribution < 1.29 is 44.7 Å². The number of halogens is 2. The van der Waals surface area contributed by atoms with Gasteiger partial charge in [-0.05, 0) is 248 Å². The Bertz CT molecular complexity index is 7720. The third-order valence-electron chi connectivity index (χ3n) is 24.9. The number of benzene rings is 8. The van der Waals surface area contributed by atoms with Crippen molar-refractivity contribution >= 4 is 88.3 Å². The number of rotatable bonds is 12. The lowest BCUT2D eigenvalue weighted by Gasteiger charge is -2.17. The molecule has 0 radical (unpaired) electrons. The van der Waals surface area contributed by atoms with E-state index >= 15 is 4.39 Å². The third-order valence-corrected chi connectivity index (χ3v) is 24.9. The minimum atomic E-state index is -0.156. The SMILES string of the molecule is Cc1ccc2c(n1)oc1c(-c3cc(-c4cc(C(C)C)c(F)c(C(C)C)c4)cc[n+]3C)c(C)ccc12.Cc1ccc2c(n1)oc1c(-c3cc(-c4ccc(F)c(C(C)C)c4)cc[n+]3C)c(C)ccc12.Cc1ccc2c(n1)oc1c(-c3cc(-c4cccc(C(C)C)c4)cc[n+]3C)c(C)ccc12.Cc1cccc(-c2cc[n+](C)c(-c3c(C)ccc4c3oc3nc(C)ccc34)c2)c1. The highest BCUT2D eigenvalue weighted by atomic mass is 19.1. The Labute approximate surface area is 741 Å². The molecular formula is C113H108F2N8O4+4. The lowest BCUT2D eigenvalue weighted by molar-refractivity contribution is -0.660. The maximum atomic E-state index is 15.2. The second-order valence-electron chi connectivity index (χ2n) is 35.6. The van der Waals surface area contributed by atoms with Crippen LogP contribution in [-0.4, -0.2) is 19.9 Å². The van der Waals surface area contributed by atoms with Crippen LogP contribution in [-0.2, 0) is 28.2 Å². The number of hydrogen-bond donors (Lipinski definition) is 0. The van der Waals surface area contributed by atoms with Crippen LogP contribution in [0.2, 0.25) is 0 Å². The van der Waals surface area contributed by atoms with Gasteiger partial charge in [0.25, 0.3) is 0 Å². The van der Waals surface area contributed by atoms with Crippen LogP contribution < -0.4 is 18.3 Å². The van der Waals surface area contributed by atoms with Crippen LogP contribution in [0.1, 0.15) is 152 Å². The Hall–Kier alpha value is -14.0. The zero-order valence-electron chi connectivity index (χ0n) is 76.4. The molecule has 0 N–H and O–H groups in total. The Morgan fingerprint density at radius 3 is 0.858 bits per heavy atom. The summed E-state index contributed by atoms with van der Waals surface area (Å²) in [6.45, 7) is 35.2. The van der Waals surface area contributed by atoms with Crippen molar-refractivity contribution in [2.45, 2.75) is 141 Å². The summed E-state index contributed by atoms with van der Waals surface area (Å²) in [7, 11) is 8.25. The van der Waals surface area contributed by atoms with Crippen LogP contribution in [0.5, 0.6) is 0 Å². The van der Waals surface area contributed by atoms with Crippen molar-refractivity contribution in [1.29, 1.82) is 0 Å². The Morgan fingerprint density at radius 1 is 0.260 bits per heavy atom. The minimum absolute atomic E-state index is 0.0776. The van der Waals surface area contributed by atoms with Gasteiger partial charge >= 0.3 is 0 Å². The Kier molecular flexibility index (Phi) is 23.2. The van der Waals surface area contributed by atoms with E-state index in [1.807, 2.05) is 138 Å². The maximum Gasteiger partial charge on any atom is 0.227 e. The number of nitrogens with zero attached hydrogens (tertiary/aromatic N) is 8. The monoisotopic (exact) mass is 1680 g/mol. The normalized spacial score (nSPS) is 11.7. The van der Waals surface area contributed by atoms with Gasteiger partial charge in [-0.3, -0.25) is 0 Å². The van der Waals surface area contributed by atoms with E-state index in [9.17, 15) is 4.39 Å². The number of furan rings is 4. The smallest absolute Gasteiger partial charge is 0.227 e. The fourth-order valence-corrected chi connectivity index (χ4v) is 17.7. The van der Waals surface area contributed by atoms with Crippen molar-refractivity contribution in [3.8, 4) is 89.5 Å². The lowest BCUT2D eigenvalue weighted by atomic mass is 9.89. The molecule has 634 valence electrons. The molecule has 0 unspecified atom stereocenters. The summed E-state index contributed by atoms with van der Waals surface area (Å²) >= 11 is 0.